The molecule has 5 nitrogen and oxygen atoms in total. The van der Waals surface area contributed by atoms with E-state index in [4.69, 9.17) is 0 Å². The first-order valence-corrected chi connectivity index (χ1v) is 5.94. The number of benzene rings is 1. The van der Waals surface area contributed by atoms with Crippen LogP contribution in [0.2, 0.25) is 0 Å². The molecule has 0 unspecified atom stereocenters. The summed E-state index contributed by atoms with van der Waals surface area (Å²) in [6.07, 6.45) is 2.87. The van der Waals surface area contributed by atoms with Crippen molar-refractivity contribution in [3.05, 3.63) is 53.1 Å². The second-order valence-electron chi connectivity index (χ2n) is 4.17. The molecule has 0 radical (unpaired) electrons. The summed E-state index contributed by atoms with van der Waals surface area (Å²) in [6, 6.07) is 5.70. The lowest BCUT2D eigenvalue weighted by molar-refractivity contribution is 0.280. The van der Waals surface area contributed by atoms with Crippen LogP contribution in [0.4, 0.5) is 10.1 Å². The molecular formula is C14H14FN3O2. The zero-order valence-corrected chi connectivity index (χ0v) is 10.8. The van der Waals surface area contributed by atoms with Crippen molar-refractivity contribution >= 4 is 11.9 Å². The summed E-state index contributed by atoms with van der Waals surface area (Å²) in [6.45, 7) is 1.40. The van der Waals surface area contributed by atoms with Crippen molar-refractivity contribution in [1.29, 1.82) is 0 Å². The van der Waals surface area contributed by atoms with Crippen molar-refractivity contribution in [2.75, 3.05) is 5.43 Å². The number of hydrogen-bond donors (Lipinski definition) is 3. The Balaban J connectivity index is 2.19. The van der Waals surface area contributed by atoms with Gasteiger partial charge in [-0.1, -0.05) is 0 Å². The number of halogens is 1. The summed E-state index contributed by atoms with van der Waals surface area (Å²) < 4.78 is 12.7. The van der Waals surface area contributed by atoms with E-state index in [0.717, 1.165) is 0 Å². The first-order chi connectivity index (χ1) is 9.61. The number of pyridine rings is 1. The van der Waals surface area contributed by atoms with E-state index in [9.17, 15) is 14.6 Å². The molecule has 6 heteroatoms. The zero-order valence-electron chi connectivity index (χ0n) is 10.8. The average molecular weight is 275 g/mol. The van der Waals surface area contributed by atoms with Crippen LogP contribution in [0.15, 0.2) is 35.6 Å². The van der Waals surface area contributed by atoms with Gasteiger partial charge in [0.2, 0.25) is 0 Å². The molecule has 0 spiro atoms. The molecule has 1 aromatic carbocycles. The highest BCUT2D eigenvalue weighted by Crippen LogP contribution is 2.22. The number of aliphatic hydroxyl groups is 1. The molecule has 0 saturated heterocycles. The van der Waals surface area contributed by atoms with Gasteiger partial charge in [0.15, 0.2) is 0 Å². The molecule has 20 heavy (non-hydrogen) atoms. The number of aromatic nitrogens is 1. The van der Waals surface area contributed by atoms with Gasteiger partial charge in [-0.2, -0.15) is 5.10 Å². The van der Waals surface area contributed by atoms with Gasteiger partial charge in [-0.3, -0.25) is 10.4 Å². The first kappa shape index (κ1) is 14.0. The molecule has 0 aliphatic heterocycles. The predicted molar refractivity (Wildman–Crippen MR) is 74.2 cm³/mol. The molecule has 0 bridgehead atoms. The highest BCUT2D eigenvalue weighted by Gasteiger charge is 2.09. The van der Waals surface area contributed by atoms with Crippen LogP contribution < -0.4 is 5.43 Å². The maximum Gasteiger partial charge on any atom is 0.145 e. The van der Waals surface area contributed by atoms with E-state index >= 15 is 0 Å². The van der Waals surface area contributed by atoms with Gasteiger partial charge >= 0.3 is 0 Å². The highest BCUT2D eigenvalue weighted by molar-refractivity contribution is 5.86. The van der Waals surface area contributed by atoms with Crippen LogP contribution in [-0.4, -0.2) is 21.4 Å². The third-order valence-corrected chi connectivity index (χ3v) is 2.76. The van der Waals surface area contributed by atoms with Gasteiger partial charge in [0.1, 0.15) is 11.6 Å². The van der Waals surface area contributed by atoms with E-state index in [-0.39, 0.29) is 18.2 Å². The lowest BCUT2D eigenvalue weighted by Crippen LogP contribution is -1.99. The molecule has 2 rings (SSSR count). The smallest absolute Gasteiger partial charge is 0.145 e. The van der Waals surface area contributed by atoms with Gasteiger partial charge in [-0.15, -0.1) is 0 Å². The van der Waals surface area contributed by atoms with Crippen LogP contribution in [0.25, 0.3) is 0 Å². The number of nitrogens with one attached hydrogen (secondary N) is 1. The second-order valence-corrected chi connectivity index (χ2v) is 4.17. The number of aromatic hydroxyl groups is 1. The molecule has 2 aromatic rings. The van der Waals surface area contributed by atoms with Gasteiger partial charge in [0.25, 0.3) is 0 Å². The van der Waals surface area contributed by atoms with Gasteiger partial charge in [-0.05, 0) is 31.2 Å². The quantitative estimate of drug-likeness (QED) is 0.590. The standard InChI is InChI=1S/C14H14FN3O2/c1-9-14(20)13(10(8-19)6-16-9)7-17-18-12-4-2-11(15)3-5-12/h2-7,18-20H,8H2,1H3. The third kappa shape index (κ3) is 3.10. The highest BCUT2D eigenvalue weighted by atomic mass is 19.1. The van der Waals surface area contributed by atoms with Crippen LogP contribution >= 0.6 is 0 Å². The second kappa shape index (κ2) is 6.12. The molecule has 0 aliphatic rings. The molecule has 104 valence electrons. The molecule has 1 aromatic heterocycles. The number of anilines is 1. The van der Waals surface area contributed by atoms with Crippen LogP contribution in [0.1, 0.15) is 16.8 Å². The van der Waals surface area contributed by atoms with E-state index in [1.165, 1.54) is 36.7 Å². The molecule has 0 saturated carbocycles. The van der Waals surface area contributed by atoms with Gasteiger partial charge in [-0.25, -0.2) is 4.39 Å². The Morgan fingerprint density at radius 1 is 1.35 bits per heavy atom. The number of aliphatic hydroxyl groups excluding tert-OH is 1. The lowest BCUT2D eigenvalue weighted by Gasteiger charge is -2.07. The summed E-state index contributed by atoms with van der Waals surface area (Å²) in [5.74, 6) is -0.356. The first-order valence-electron chi connectivity index (χ1n) is 5.94. The van der Waals surface area contributed by atoms with Gasteiger partial charge in [0.05, 0.1) is 24.2 Å². The summed E-state index contributed by atoms with van der Waals surface area (Å²) in [5.41, 5.74) is 4.64. The Morgan fingerprint density at radius 2 is 2.05 bits per heavy atom. The Hall–Kier alpha value is -2.47. The van der Waals surface area contributed by atoms with E-state index < -0.39 is 0 Å². The molecule has 0 aliphatic carbocycles. The van der Waals surface area contributed by atoms with Crippen molar-refractivity contribution in [3.63, 3.8) is 0 Å². The number of hydrogen-bond acceptors (Lipinski definition) is 5. The molecule has 3 N–H and O–H groups in total. The Kier molecular flexibility index (Phi) is 4.27. The number of rotatable bonds is 4. The summed E-state index contributed by atoms with van der Waals surface area (Å²) >= 11 is 0. The minimum Gasteiger partial charge on any atom is -0.505 e. The maximum absolute atomic E-state index is 12.7. The van der Waals surface area contributed by atoms with Crippen molar-refractivity contribution in [2.24, 2.45) is 5.10 Å². The maximum atomic E-state index is 12.7. The SMILES string of the molecule is Cc1ncc(CO)c(C=NNc2ccc(F)cc2)c1O. The summed E-state index contributed by atoms with van der Waals surface area (Å²) in [7, 11) is 0. The van der Waals surface area contributed by atoms with Crippen molar-refractivity contribution in [2.45, 2.75) is 13.5 Å². The molecular weight excluding hydrogens is 261 g/mol. The average Bonchev–Trinajstić information content (AvgIpc) is 2.46. The molecule has 1 heterocycles. The van der Waals surface area contributed by atoms with E-state index in [1.54, 1.807) is 6.92 Å². The molecule has 0 amide bonds. The lowest BCUT2D eigenvalue weighted by atomic mass is 10.1. The Bertz CT molecular complexity index is 627. The Morgan fingerprint density at radius 3 is 2.70 bits per heavy atom. The topological polar surface area (TPSA) is 77.7 Å². The molecule has 0 atom stereocenters. The fraction of sp³-hybridized carbons (Fsp3) is 0.143. The van der Waals surface area contributed by atoms with Crippen molar-refractivity contribution in [1.82, 2.24) is 4.98 Å². The number of nitrogens with zero attached hydrogens (tertiary/aromatic N) is 2. The van der Waals surface area contributed by atoms with Crippen LogP contribution in [0.5, 0.6) is 5.75 Å². The normalized spacial score (nSPS) is 10.9. The minimum absolute atomic E-state index is 0.0267. The monoisotopic (exact) mass is 275 g/mol. The predicted octanol–water partition coefficient (Wildman–Crippen LogP) is 2.17. The van der Waals surface area contributed by atoms with E-state index in [2.05, 4.69) is 15.5 Å². The Labute approximate surface area is 115 Å². The van der Waals surface area contributed by atoms with E-state index in [0.29, 0.717) is 22.5 Å². The fourth-order valence-corrected chi connectivity index (χ4v) is 1.62. The van der Waals surface area contributed by atoms with Crippen molar-refractivity contribution < 1.29 is 14.6 Å². The fourth-order valence-electron chi connectivity index (χ4n) is 1.62. The van der Waals surface area contributed by atoms with Gasteiger partial charge in [0, 0.05) is 17.3 Å². The van der Waals surface area contributed by atoms with Crippen molar-refractivity contribution in [3.8, 4) is 5.75 Å². The minimum atomic E-state index is -0.329. The largest absolute Gasteiger partial charge is 0.505 e. The van der Waals surface area contributed by atoms with Gasteiger partial charge < -0.3 is 10.2 Å². The molecule has 0 fully saturated rings. The van der Waals surface area contributed by atoms with E-state index in [1.807, 2.05) is 0 Å². The van der Waals surface area contributed by atoms with Crippen LogP contribution in [0.3, 0.4) is 0 Å². The summed E-state index contributed by atoms with van der Waals surface area (Å²) in [5, 5.41) is 23.1. The van der Waals surface area contributed by atoms with Crippen LogP contribution in [0, 0.1) is 12.7 Å². The third-order valence-electron chi connectivity index (χ3n) is 2.76. The number of aryl methyl sites for hydroxylation is 1. The summed E-state index contributed by atoms with van der Waals surface area (Å²) in [4.78, 5) is 3.95. The zero-order chi connectivity index (χ0) is 14.5. The number of hydrazone groups is 1. The van der Waals surface area contributed by atoms with Crippen LogP contribution in [-0.2, 0) is 6.61 Å².